The summed E-state index contributed by atoms with van der Waals surface area (Å²) in [5, 5.41) is 2.40. The molecule has 0 radical (unpaired) electrons. The van der Waals surface area contributed by atoms with Gasteiger partial charge < -0.3 is 4.74 Å². The molecule has 0 unspecified atom stereocenters. The van der Waals surface area contributed by atoms with E-state index in [4.69, 9.17) is 16.3 Å². The first-order chi connectivity index (χ1) is 8.74. The quantitative estimate of drug-likeness (QED) is 0.653. The highest BCUT2D eigenvalue weighted by molar-refractivity contribution is 7.09. The van der Waals surface area contributed by atoms with E-state index in [-0.39, 0.29) is 0 Å². The van der Waals surface area contributed by atoms with Gasteiger partial charge in [0.2, 0.25) is 5.06 Å². The Kier molecular flexibility index (Phi) is 2.94. The topological polar surface area (TPSA) is 22.1 Å². The van der Waals surface area contributed by atoms with Crippen LogP contribution < -0.4 is 4.74 Å². The fourth-order valence-electron chi connectivity index (χ4n) is 1.73. The molecule has 4 heteroatoms. The van der Waals surface area contributed by atoms with Crippen LogP contribution in [0.4, 0.5) is 0 Å². The van der Waals surface area contributed by atoms with Gasteiger partial charge in [-0.05, 0) is 36.8 Å². The molecule has 0 aliphatic rings. The fourth-order valence-corrected chi connectivity index (χ4v) is 2.62. The molecule has 0 saturated heterocycles. The van der Waals surface area contributed by atoms with Crippen molar-refractivity contribution in [2.45, 2.75) is 6.92 Å². The summed E-state index contributed by atoms with van der Waals surface area (Å²) in [6, 6.07) is 13.6. The lowest BCUT2D eigenvalue weighted by Crippen LogP contribution is -1.84. The molecule has 90 valence electrons. The molecule has 1 aromatic heterocycles. The lowest BCUT2D eigenvalue weighted by atomic mass is 10.2. The average Bonchev–Trinajstić information content (AvgIpc) is 2.78. The second-order valence-corrected chi connectivity index (χ2v) is 5.17. The monoisotopic (exact) mass is 275 g/mol. The number of fused-ring (bicyclic) bond motifs is 1. The summed E-state index contributed by atoms with van der Waals surface area (Å²) < 4.78 is 10.2. The first kappa shape index (κ1) is 11.5. The van der Waals surface area contributed by atoms with E-state index in [1.165, 1.54) is 11.5 Å². The van der Waals surface area contributed by atoms with Crippen LogP contribution in [0.25, 0.3) is 10.9 Å². The van der Waals surface area contributed by atoms with Crippen molar-refractivity contribution >= 4 is 34.0 Å². The van der Waals surface area contributed by atoms with Crippen LogP contribution in [0.1, 0.15) is 5.56 Å². The summed E-state index contributed by atoms with van der Waals surface area (Å²) in [7, 11) is 0. The Bertz CT molecular complexity index is 708. The number of nitrogens with zero attached hydrogens (tertiary/aromatic N) is 1. The molecule has 3 rings (SSSR count). The third-order valence-electron chi connectivity index (χ3n) is 2.64. The van der Waals surface area contributed by atoms with Crippen LogP contribution in [0.15, 0.2) is 42.5 Å². The summed E-state index contributed by atoms with van der Waals surface area (Å²) in [5.41, 5.74) is 2.06. The number of hydrogen-bond acceptors (Lipinski definition) is 3. The molecule has 2 nitrogen and oxygen atoms in total. The number of halogens is 1. The van der Waals surface area contributed by atoms with E-state index >= 15 is 0 Å². The molecule has 1 heterocycles. The molecule has 0 bridgehead atoms. The number of rotatable bonds is 2. The highest BCUT2D eigenvalue weighted by Gasteiger charge is 2.09. The first-order valence-corrected chi connectivity index (χ1v) is 6.67. The Morgan fingerprint density at radius 1 is 1.17 bits per heavy atom. The molecule has 0 spiro atoms. The van der Waals surface area contributed by atoms with Gasteiger partial charge in [0.15, 0.2) is 0 Å². The van der Waals surface area contributed by atoms with Gasteiger partial charge in [0.05, 0.1) is 15.9 Å². The zero-order valence-corrected chi connectivity index (χ0v) is 11.3. The van der Waals surface area contributed by atoms with E-state index in [9.17, 15) is 0 Å². The fraction of sp³-hybridized carbons (Fsp3) is 0.0714. The van der Waals surface area contributed by atoms with Crippen LogP contribution >= 0.6 is 23.1 Å². The highest BCUT2D eigenvalue weighted by Crippen LogP contribution is 2.36. The van der Waals surface area contributed by atoms with E-state index in [0.717, 1.165) is 21.5 Å². The van der Waals surface area contributed by atoms with E-state index < -0.39 is 0 Å². The molecular formula is C14H10ClNOS. The van der Waals surface area contributed by atoms with Gasteiger partial charge in [-0.1, -0.05) is 29.8 Å². The largest absolute Gasteiger partial charge is 0.443 e. The Morgan fingerprint density at radius 2 is 2.00 bits per heavy atom. The minimum Gasteiger partial charge on any atom is -0.443 e. The van der Waals surface area contributed by atoms with Crippen LogP contribution in [0, 0.1) is 6.92 Å². The van der Waals surface area contributed by atoms with Gasteiger partial charge in [-0.15, -0.1) is 0 Å². The minimum absolute atomic E-state index is 0.609. The van der Waals surface area contributed by atoms with E-state index in [0.29, 0.717) is 10.8 Å². The second kappa shape index (κ2) is 4.59. The maximum atomic E-state index is 6.12. The van der Waals surface area contributed by atoms with Gasteiger partial charge in [0, 0.05) is 11.5 Å². The molecule has 0 aliphatic carbocycles. The Hall–Kier alpha value is -1.58. The van der Waals surface area contributed by atoms with Crippen molar-refractivity contribution in [3.63, 3.8) is 0 Å². The van der Waals surface area contributed by atoms with Crippen molar-refractivity contribution in [1.29, 1.82) is 0 Å². The van der Waals surface area contributed by atoms with Gasteiger partial charge in [0.25, 0.3) is 0 Å². The molecular weight excluding hydrogens is 266 g/mol. The molecule has 0 aliphatic heterocycles. The van der Waals surface area contributed by atoms with Gasteiger partial charge in [-0.2, -0.15) is 4.37 Å². The molecule has 3 aromatic rings. The van der Waals surface area contributed by atoms with Crippen LogP contribution in [-0.2, 0) is 0 Å². The number of benzene rings is 2. The third-order valence-corrected chi connectivity index (χ3v) is 3.71. The summed E-state index contributed by atoms with van der Waals surface area (Å²) >= 11 is 7.46. The highest BCUT2D eigenvalue weighted by atomic mass is 35.5. The maximum Gasteiger partial charge on any atom is 0.208 e. The number of aromatic nitrogens is 1. The van der Waals surface area contributed by atoms with Gasteiger partial charge in [0.1, 0.15) is 5.75 Å². The maximum absolute atomic E-state index is 6.12. The van der Waals surface area contributed by atoms with E-state index in [2.05, 4.69) is 4.37 Å². The lowest BCUT2D eigenvalue weighted by Gasteiger charge is -2.06. The van der Waals surface area contributed by atoms with Crippen LogP contribution in [0.3, 0.4) is 0 Å². The van der Waals surface area contributed by atoms with Crippen LogP contribution in [0.5, 0.6) is 10.8 Å². The van der Waals surface area contributed by atoms with Crippen molar-refractivity contribution in [3.05, 3.63) is 53.1 Å². The SMILES string of the molecule is Cc1ccc(Cl)c(Oc2snc3ccccc23)c1. The van der Waals surface area contributed by atoms with Crippen molar-refractivity contribution in [2.24, 2.45) is 0 Å². The summed E-state index contributed by atoms with van der Waals surface area (Å²) in [4.78, 5) is 0. The minimum atomic E-state index is 0.609. The molecule has 2 aromatic carbocycles. The zero-order chi connectivity index (χ0) is 12.5. The number of aryl methyl sites for hydroxylation is 1. The Morgan fingerprint density at radius 3 is 2.89 bits per heavy atom. The van der Waals surface area contributed by atoms with Crippen molar-refractivity contribution in [2.75, 3.05) is 0 Å². The first-order valence-electron chi connectivity index (χ1n) is 5.52. The number of ether oxygens (including phenoxy) is 1. The van der Waals surface area contributed by atoms with Crippen molar-refractivity contribution in [3.8, 4) is 10.8 Å². The summed E-state index contributed by atoms with van der Waals surface area (Å²) in [5.74, 6) is 0.672. The number of hydrogen-bond donors (Lipinski definition) is 0. The Labute approximate surface area is 114 Å². The molecule has 0 atom stereocenters. The molecule has 0 fully saturated rings. The van der Waals surface area contributed by atoms with Crippen molar-refractivity contribution in [1.82, 2.24) is 4.37 Å². The standard InChI is InChI=1S/C14H10ClNOS/c1-9-6-7-11(15)13(8-9)17-14-10-4-2-3-5-12(10)16-18-14/h2-8H,1H3. The summed E-state index contributed by atoms with van der Waals surface area (Å²) in [6.07, 6.45) is 0. The van der Waals surface area contributed by atoms with Gasteiger partial charge in [-0.25, -0.2) is 0 Å². The lowest BCUT2D eigenvalue weighted by molar-refractivity contribution is 0.501. The normalized spacial score (nSPS) is 10.8. The van der Waals surface area contributed by atoms with Crippen molar-refractivity contribution < 1.29 is 4.74 Å². The molecule has 0 N–H and O–H groups in total. The second-order valence-electron chi connectivity index (χ2n) is 4.02. The predicted octanol–water partition coefficient (Wildman–Crippen LogP) is 5.05. The molecule has 0 saturated carbocycles. The smallest absolute Gasteiger partial charge is 0.208 e. The third kappa shape index (κ3) is 2.07. The zero-order valence-electron chi connectivity index (χ0n) is 9.68. The van der Waals surface area contributed by atoms with Crippen LogP contribution in [0.2, 0.25) is 5.02 Å². The molecule has 18 heavy (non-hydrogen) atoms. The van der Waals surface area contributed by atoms with Crippen LogP contribution in [-0.4, -0.2) is 4.37 Å². The Balaban J connectivity index is 2.04. The van der Waals surface area contributed by atoms with Gasteiger partial charge in [-0.3, -0.25) is 0 Å². The van der Waals surface area contributed by atoms with E-state index in [1.807, 2.05) is 49.4 Å². The average molecular weight is 276 g/mol. The summed E-state index contributed by atoms with van der Waals surface area (Å²) in [6.45, 7) is 2.01. The van der Waals surface area contributed by atoms with E-state index in [1.54, 1.807) is 0 Å². The predicted molar refractivity (Wildman–Crippen MR) is 75.9 cm³/mol. The molecule has 0 amide bonds. The van der Waals surface area contributed by atoms with Gasteiger partial charge >= 0.3 is 0 Å².